The first kappa shape index (κ1) is 9.22. The van der Waals surface area contributed by atoms with Crippen LogP contribution < -0.4 is 0 Å². The second kappa shape index (κ2) is 3.81. The van der Waals surface area contributed by atoms with E-state index in [0.29, 0.717) is 11.8 Å². The van der Waals surface area contributed by atoms with Gasteiger partial charge in [0.25, 0.3) is 0 Å². The largest absolute Gasteiger partial charge is 0.384 e. The number of hydrogen-bond donors (Lipinski definition) is 0. The molecule has 1 fully saturated rings. The molecule has 2 rings (SSSR count). The molecule has 0 aromatic rings. The maximum atomic E-state index is 5.27. The van der Waals surface area contributed by atoms with E-state index in [1.807, 2.05) is 0 Å². The first-order valence-electron chi connectivity index (χ1n) is 5.03. The van der Waals surface area contributed by atoms with Gasteiger partial charge in [-0.25, -0.2) is 0 Å². The molecule has 0 spiro atoms. The zero-order chi connectivity index (χ0) is 9.26. The highest BCUT2D eigenvalue weighted by Gasteiger charge is 2.43. The van der Waals surface area contributed by atoms with E-state index in [2.05, 4.69) is 12.2 Å². The van der Waals surface area contributed by atoms with Gasteiger partial charge in [0.2, 0.25) is 0 Å². The van der Waals surface area contributed by atoms with Gasteiger partial charge in [0, 0.05) is 27.4 Å². The van der Waals surface area contributed by atoms with Crippen LogP contribution in [0.3, 0.4) is 0 Å². The van der Waals surface area contributed by atoms with Gasteiger partial charge in [0.15, 0.2) is 0 Å². The van der Waals surface area contributed by atoms with E-state index >= 15 is 0 Å². The average molecular weight is 182 g/mol. The number of ether oxygens (including phenoxy) is 2. The zero-order valence-electron chi connectivity index (χ0n) is 8.40. The number of fused-ring (bicyclic) bond motifs is 2. The third-order valence-corrected chi connectivity index (χ3v) is 3.52. The summed E-state index contributed by atoms with van der Waals surface area (Å²) >= 11 is 0. The normalized spacial score (nSPS) is 41.7. The topological polar surface area (TPSA) is 18.5 Å². The van der Waals surface area contributed by atoms with Crippen LogP contribution in [0.2, 0.25) is 0 Å². The highest BCUT2D eigenvalue weighted by Crippen LogP contribution is 2.47. The van der Waals surface area contributed by atoms with E-state index in [9.17, 15) is 0 Å². The summed E-state index contributed by atoms with van der Waals surface area (Å²) in [4.78, 5) is 0. The Morgan fingerprint density at radius 2 is 1.46 bits per heavy atom. The molecule has 0 aromatic heterocycles. The van der Waals surface area contributed by atoms with Crippen LogP contribution in [0.4, 0.5) is 0 Å². The molecule has 4 atom stereocenters. The third kappa shape index (κ3) is 1.53. The fraction of sp³-hybridized carbons (Fsp3) is 0.818. The van der Waals surface area contributed by atoms with Gasteiger partial charge in [0.05, 0.1) is 0 Å². The van der Waals surface area contributed by atoms with Gasteiger partial charge in [-0.3, -0.25) is 0 Å². The molecule has 0 aliphatic heterocycles. The smallest absolute Gasteiger partial charge is 0.0499 e. The van der Waals surface area contributed by atoms with Gasteiger partial charge in [0.1, 0.15) is 0 Å². The molecule has 2 aliphatic rings. The fourth-order valence-electron chi connectivity index (χ4n) is 2.91. The Kier molecular flexibility index (Phi) is 2.70. The third-order valence-electron chi connectivity index (χ3n) is 3.52. The number of methoxy groups -OCH3 is 2. The summed E-state index contributed by atoms with van der Waals surface area (Å²) in [6, 6.07) is 0. The monoisotopic (exact) mass is 182 g/mol. The minimum Gasteiger partial charge on any atom is -0.384 e. The van der Waals surface area contributed by atoms with E-state index < -0.39 is 0 Å². The molecular formula is C11H18O2. The summed E-state index contributed by atoms with van der Waals surface area (Å²) in [5.74, 6) is 2.90. The summed E-state index contributed by atoms with van der Waals surface area (Å²) in [5.41, 5.74) is 0. The lowest BCUT2D eigenvalue weighted by Gasteiger charge is -2.26. The maximum absolute atomic E-state index is 5.27. The predicted octanol–water partition coefficient (Wildman–Crippen LogP) is 1.72. The van der Waals surface area contributed by atoms with Crippen molar-refractivity contribution in [2.75, 3.05) is 27.4 Å². The van der Waals surface area contributed by atoms with Gasteiger partial charge >= 0.3 is 0 Å². The lowest BCUT2D eigenvalue weighted by atomic mass is 9.84. The highest BCUT2D eigenvalue weighted by atomic mass is 16.5. The van der Waals surface area contributed by atoms with Gasteiger partial charge in [-0.2, -0.15) is 0 Å². The standard InChI is InChI=1S/C11H18O2/c1-12-6-10-8-3-4-9(5-8)11(10)7-13-2/h3-4,8-11H,5-7H2,1-2H3/t8-,9+,10-,11-/m1/s1. The molecule has 0 unspecified atom stereocenters. The SMILES string of the molecule is COC[C@H]1[C@H](COC)[C@H]2C=C[C@@H]1C2. The van der Waals surface area contributed by atoms with Crippen LogP contribution in [0.15, 0.2) is 12.2 Å². The Hall–Kier alpha value is -0.340. The van der Waals surface area contributed by atoms with Crippen molar-refractivity contribution in [2.45, 2.75) is 6.42 Å². The van der Waals surface area contributed by atoms with E-state index in [4.69, 9.17) is 9.47 Å². The molecule has 2 bridgehead atoms. The van der Waals surface area contributed by atoms with Crippen LogP contribution in [0.25, 0.3) is 0 Å². The molecule has 13 heavy (non-hydrogen) atoms. The second-order valence-corrected chi connectivity index (χ2v) is 4.19. The van der Waals surface area contributed by atoms with Crippen molar-refractivity contribution >= 4 is 0 Å². The van der Waals surface area contributed by atoms with Crippen LogP contribution >= 0.6 is 0 Å². The second-order valence-electron chi connectivity index (χ2n) is 4.19. The van der Waals surface area contributed by atoms with Crippen molar-refractivity contribution in [3.05, 3.63) is 12.2 Å². The van der Waals surface area contributed by atoms with E-state index in [1.54, 1.807) is 14.2 Å². The summed E-state index contributed by atoms with van der Waals surface area (Å²) < 4.78 is 10.5. The number of hydrogen-bond acceptors (Lipinski definition) is 2. The van der Waals surface area contributed by atoms with E-state index in [1.165, 1.54) is 6.42 Å². The van der Waals surface area contributed by atoms with Crippen molar-refractivity contribution < 1.29 is 9.47 Å². The Morgan fingerprint density at radius 1 is 1.00 bits per heavy atom. The van der Waals surface area contributed by atoms with Gasteiger partial charge in [-0.05, 0) is 30.1 Å². The molecule has 74 valence electrons. The van der Waals surface area contributed by atoms with Crippen molar-refractivity contribution in [3.63, 3.8) is 0 Å². The Labute approximate surface area is 79.9 Å². The lowest BCUT2D eigenvalue weighted by molar-refractivity contribution is 0.0647. The van der Waals surface area contributed by atoms with Crippen molar-refractivity contribution in [1.29, 1.82) is 0 Å². The molecule has 2 nitrogen and oxygen atoms in total. The molecular weight excluding hydrogens is 164 g/mol. The predicted molar refractivity (Wildman–Crippen MR) is 51.5 cm³/mol. The van der Waals surface area contributed by atoms with Crippen molar-refractivity contribution in [3.8, 4) is 0 Å². The zero-order valence-corrected chi connectivity index (χ0v) is 8.40. The Bertz CT molecular complexity index is 180. The molecule has 2 aliphatic carbocycles. The van der Waals surface area contributed by atoms with Crippen LogP contribution in [-0.2, 0) is 9.47 Å². The molecule has 2 heteroatoms. The summed E-state index contributed by atoms with van der Waals surface area (Å²) in [5, 5.41) is 0. The van der Waals surface area contributed by atoms with Crippen LogP contribution in [-0.4, -0.2) is 27.4 Å². The summed E-state index contributed by atoms with van der Waals surface area (Å²) in [7, 11) is 3.58. The minimum atomic E-state index is 0.694. The first-order chi connectivity index (χ1) is 6.36. The highest BCUT2D eigenvalue weighted by molar-refractivity contribution is 5.13. The van der Waals surface area contributed by atoms with Gasteiger partial charge in [-0.15, -0.1) is 0 Å². The molecule has 0 N–H and O–H groups in total. The minimum absolute atomic E-state index is 0.694. The quantitative estimate of drug-likeness (QED) is 0.616. The van der Waals surface area contributed by atoms with Gasteiger partial charge < -0.3 is 9.47 Å². The van der Waals surface area contributed by atoms with Gasteiger partial charge in [-0.1, -0.05) is 12.2 Å². The molecule has 1 saturated carbocycles. The number of allylic oxidation sites excluding steroid dienone is 2. The van der Waals surface area contributed by atoms with Crippen LogP contribution in [0, 0.1) is 23.7 Å². The molecule has 0 saturated heterocycles. The van der Waals surface area contributed by atoms with E-state index in [0.717, 1.165) is 25.0 Å². The summed E-state index contributed by atoms with van der Waals surface area (Å²) in [6.07, 6.45) is 6.04. The van der Waals surface area contributed by atoms with Crippen LogP contribution in [0.5, 0.6) is 0 Å². The molecule has 0 heterocycles. The lowest BCUT2D eigenvalue weighted by Crippen LogP contribution is -2.27. The Balaban J connectivity index is 2.02. The average Bonchev–Trinajstić information content (AvgIpc) is 2.69. The van der Waals surface area contributed by atoms with E-state index in [-0.39, 0.29) is 0 Å². The van der Waals surface area contributed by atoms with Crippen molar-refractivity contribution in [1.82, 2.24) is 0 Å². The summed E-state index contributed by atoms with van der Waals surface area (Å²) in [6.45, 7) is 1.78. The molecule has 0 radical (unpaired) electrons. The first-order valence-corrected chi connectivity index (χ1v) is 5.03. The number of rotatable bonds is 4. The van der Waals surface area contributed by atoms with Crippen LogP contribution in [0.1, 0.15) is 6.42 Å². The molecule has 0 amide bonds. The Morgan fingerprint density at radius 3 is 1.85 bits per heavy atom. The fourth-order valence-corrected chi connectivity index (χ4v) is 2.91. The maximum Gasteiger partial charge on any atom is 0.0499 e. The van der Waals surface area contributed by atoms with Crippen molar-refractivity contribution in [2.24, 2.45) is 23.7 Å². The molecule has 0 aromatic carbocycles.